The van der Waals surface area contributed by atoms with Crippen LogP contribution in [0.3, 0.4) is 0 Å². The third kappa shape index (κ3) is 4.37. The number of phenolic OH excluding ortho intramolecular Hbond substituents is 24. The summed E-state index contributed by atoms with van der Waals surface area (Å²) in [5.41, 5.74) is -7.58. The highest BCUT2D eigenvalue weighted by Gasteiger charge is 2.40. The summed E-state index contributed by atoms with van der Waals surface area (Å²) >= 11 is 0. The number of hydrogen-bond acceptors (Lipinski definition) is 25. The van der Waals surface area contributed by atoms with Gasteiger partial charge in [-0.2, -0.15) is 0 Å². The standard InChI is InChI=1S/C40H24O25/c41-15-9(27(53)38(64)40-14(15)13-16(42)11-12(28(54)39(13)65-40)26(52)37(63)36(62)25(11)51)2-6-3(18(44)30(56)32(58)20(6)46)1(4-7(2)21(47)33(59)31(57)19(4)45)5-8-10(23(49)29(55)17(5)43)24(50)35(61)34(60)22(8)48/h41-64H. The van der Waals surface area contributed by atoms with Gasteiger partial charge in [-0.25, -0.2) is 0 Å². The van der Waals surface area contributed by atoms with Gasteiger partial charge in [-0.15, -0.1) is 0 Å². The minimum absolute atomic E-state index is 0.988. The molecule has 0 radical (unpaired) electrons. The van der Waals surface area contributed by atoms with Crippen molar-refractivity contribution in [2.75, 3.05) is 0 Å². The van der Waals surface area contributed by atoms with Gasteiger partial charge in [-0.1, -0.05) is 0 Å². The first kappa shape index (κ1) is 40.2. The number of fused-ring (bicyclic) bond motifs is 7. The molecule has 0 aliphatic rings. The fourth-order valence-electron chi connectivity index (χ4n) is 8.32. The van der Waals surface area contributed by atoms with E-state index >= 15 is 0 Å². The molecule has 0 spiro atoms. The van der Waals surface area contributed by atoms with E-state index in [2.05, 4.69) is 0 Å². The Bertz CT molecular complexity index is 3720. The molecule has 0 saturated carbocycles. The molecule has 24 N–H and O–H groups in total. The van der Waals surface area contributed by atoms with Crippen LogP contribution in [-0.2, 0) is 0 Å². The zero-order chi connectivity index (χ0) is 47.8. The summed E-state index contributed by atoms with van der Waals surface area (Å²) in [5.74, 6) is -38.1. The van der Waals surface area contributed by atoms with Gasteiger partial charge in [0.05, 0.1) is 32.5 Å². The second-order valence-corrected chi connectivity index (χ2v) is 14.4. The van der Waals surface area contributed by atoms with Crippen LogP contribution in [0.15, 0.2) is 4.42 Å². The highest BCUT2D eigenvalue weighted by Crippen LogP contribution is 2.69. The molecule has 25 heteroatoms. The smallest absolute Gasteiger partial charge is 0.205 e. The summed E-state index contributed by atoms with van der Waals surface area (Å²) in [6.07, 6.45) is 0. The fourth-order valence-corrected chi connectivity index (χ4v) is 8.32. The molecule has 25 nitrogen and oxygen atoms in total. The zero-order valence-corrected chi connectivity index (χ0v) is 31.1. The maximum Gasteiger partial charge on any atom is 0.205 e. The van der Waals surface area contributed by atoms with Crippen molar-refractivity contribution in [1.29, 1.82) is 0 Å². The molecule has 1 heterocycles. The third-order valence-corrected chi connectivity index (χ3v) is 11.2. The Morgan fingerprint density at radius 3 is 0.738 bits per heavy atom. The molecule has 0 atom stereocenters. The maximum absolute atomic E-state index is 12.2. The van der Waals surface area contributed by atoms with Crippen LogP contribution in [0.5, 0.6) is 138 Å². The molecule has 0 amide bonds. The molecule has 9 aromatic rings. The molecule has 0 aliphatic carbocycles. The lowest BCUT2D eigenvalue weighted by atomic mass is 9.81. The van der Waals surface area contributed by atoms with Crippen molar-refractivity contribution in [1.82, 2.24) is 0 Å². The Kier molecular flexibility index (Phi) is 7.56. The molecule has 1 aromatic heterocycles. The van der Waals surface area contributed by atoms with Gasteiger partial charge in [0.2, 0.25) is 57.5 Å². The number of rotatable bonds is 2. The number of hydrogen-bond donors (Lipinski definition) is 24. The molecule has 9 rings (SSSR count). The third-order valence-electron chi connectivity index (χ3n) is 11.2. The predicted molar refractivity (Wildman–Crippen MR) is 215 cm³/mol. The Balaban J connectivity index is 1.64. The van der Waals surface area contributed by atoms with E-state index in [9.17, 15) is 123 Å². The summed E-state index contributed by atoms with van der Waals surface area (Å²) in [4.78, 5) is 0. The van der Waals surface area contributed by atoms with Gasteiger partial charge in [0, 0.05) is 43.6 Å². The lowest BCUT2D eigenvalue weighted by molar-refractivity contribution is 0.347. The topological polar surface area (TPSA) is 499 Å². The second-order valence-electron chi connectivity index (χ2n) is 14.4. The molecule has 0 saturated heterocycles. The SMILES string of the molecule is Oc1c(-c2c3c(O)c(O)c(O)c(O)c3c(-c3c(O)c(O)c(O)c4c(O)c(O)c(O)c(O)c34)c3c(O)c(O)c(O)c(O)c23)c(O)c2c(oc3c(O)c4c(O)c(O)c(O)c(O)c4c(O)c32)c1O. The lowest BCUT2D eigenvalue weighted by Gasteiger charge is -2.25. The zero-order valence-electron chi connectivity index (χ0n) is 31.1. The number of phenols is 24. The molecule has 0 aliphatic heterocycles. The minimum atomic E-state index is -1.72. The van der Waals surface area contributed by atoms with Crippen molar-refractivity contribution in [3.05, 3.63) is 0 Å². The van der Waals surface area contributed by atoms with Crippen molar-refractivity contribution in [3.63, 3.8) is 0 Å². The summed E-state index contributed by atoms with van der Waals surface area (Å²) in [7, 11) is 0. The van der Waals surface area contributed by atoms with Gasteiger partial charge < -0.3 is 127 Å². The van der Waals surface area contributed by atoms with E-state index in [1.54, 1.807) is 0 Å². The van der Waals surface area contributed by atoms with Gasteiger partial charge in [0.1, 0.15) is 11.5 Å². The predicted octanol–water partition coefficient (Wildman–Crippen LogP) is 4.47. The number of furan rings is 1. The van der Waals surface area contributed by atoms with Crippen molar-refractivity contribution in [2.45, 2.75) is 0 Å². The molecular formula is C40H24O25. The Labute approximate surface area is 351 Å². The minimum Gasteiger partial charge on any atom is -0.506 e. The lowest BCUT2D eigenvalue weighted by Crippen LogP contribution is -1.97. The summed E-state index contributed by atoms with van der Waals surface area (Å²) in [6.45, 7) is 0. The normalized spacial score (nSPS) is 11.9. The first-order valence-corrected chi connectivity index (χ1v) is 17.5. The van der Waals surface area contributed by atoms with Crippen LogP contribution in [0.4, 0.5) is 0 Å². The fraction of sp³-hybridized carbons (Fsp3) is 0. The Morgan fingerprint density at radius 2 is 0.369 bits per heavy atom. The molecule has 65 heavy (non-hydrogen) atoms. The van der Waals surface area contributed by atoms with Crippen LogP contribution < -0.4 is 0 Å². The largest absolute Gasteiger partial charge is 0.506 e. The average molecular weight is 905 g/mol. The molecule has 0 bridgehead atoms. The van der Waals surface area contributed by atoms with E-state index in [4.69, 9.17) is 4.42 Å². The number of benzene rings is 8. The van der Waals surface area contributed by atoms with Gasteiger partial charge >= 0.3 is 0 Å². The van der Waals surface area contributed by atoms with E-state index in [1.165, 1.54) is 0 Å². The van der Waals surface area contributed by atoms with Crippen molar-refractivity contribution in [2.24, 2.45) is 0 Å². The van der Waals surface area contributed by atoms with Crippen LogP contribution in [-0.4, -0.2) is 123 Å². The maximum atomic E-state index is 12.2. The van der Waals surface area contributed by atoms with Gasteiger partial charge in [0.15, 0.2) is 80.2 Å². The van der Waals surface area contributed by atoms with Crippen molar-refractivity contribution in [3.8, 4) is 160 Å². The molecular weight excluding hydrogens is 880 g/mol. The van der Waals surface area contributed by atoms with Crippen LogP contribution in [0.25, 0.3) is 87.3 Å². The summed E-state index contributed by atoms with van der Waals surface area (Å²) < 4.78 is 5.45. The highest BCUT2D eigenvalue weighted by atomic mass is 16.4. The van der Waals surface area contributed by atoms with Crippen molar-refractivity contribution < 1.29 is 127 Å². The van der Waals surface area contributed by atoms with E-state index in [1.807, 2.05) is 0 Å². The first-order chi connectivity index (χ1) is 30.3. The van der Waals surface area contributed by atoms with Crippen LogP contribution in [0, 0.1) is 0 Å². The quantitative estimate of drug-likeness (QED) is 0.0646. The van der Waals surface area contributed by atoms with Gasteiger partial charge in [-0.3, -0.25) is 0 Å². The summed E-state index contributed by atoms with van der Waals surface area (Å²) in [6, 6.07) is 0. The van der Waals surface area contributed by atoms with E-state index in [0.29, 0.717) is 0 Å². The van der Waals surface area contributed by atoms with E-state index in [-0.39, 0.29) is 0 Å². The van der Waals surface area contributed by atoms with Gasteiger partial charge in [0.25, 0.3) is 0 Å². The Hall–Kier alpha value is -10.2. The van der Waals surface area contributed by atoms with E-state index < -0.39 is 225 Å². The molecule has 0 fully saturated rings. The van der Waals surface area contributed by atoms with E-state index in [0.717, 1.165) is 0 Å². The average Bonchev–Trinajstić information content (AvgIpc) is 3.69. The van der Waals surface area contributed by atoms with Crippen molar-refractivity contribution >= 4 is 65.0 Å². The highest BCUT2D eigenvalue weighted by molar-refractivity contribution is 6.34. The van der Waals surface area contributed by atoms with Crippen LogP contribution in [0.1, 0.15) is 0 Å². The first-order valence-electron chi connectivity index (χ1n) is 17.5. The second kappa shape index (κ2) is 12.2. The van der Waals surface area contributed by atoms with Crippen LogP contribution >= 0.6 is 0 Å². The molecule has 0 unspecified atom stereocenters. The monoisotopic (exact) mass is 904 g/mol. The molecule has 334 valence electrons. The van der Waals surface area contributed by atoms with Gasteiger partial charge in [-0.05, 0) is 0 Å². The Morgan fingerprint density at radius 1 is 0.138 bits per heavy atom. The summed E-state index contributed by atoms with van der Waals surface area (Å²) in [5, 5.41) is 254. The number of aromatic hydroxyl groups is 24. The van der Waals surface area contributed by atoms with Crippen LogP contribution in [0.2, 0.25) is 0 Å². The molecule has 8 aromatic carbocycles.